The molecule has 0 aliphatic rings. The van der Waals surface area contributed by atoms with E-state index in [9.17, 15) is 9.59 Å². The summed E-state index contributed by atoms with van der Waals surface area (Å²) in [7, 11) is 0. The molecule has 0 aromatic carbocycles. The van der Waals surface area contributed by atoms with Crippen LogP contribution in [-0.2, 0) is 4.74 Å². The molecule has 0 saturated heterocycles. The highest BCUT2D eigenvalue weighted by molar-refractivity contribution is 5.98. The maximum Gasteiger partial charge on any atom is 0.418 e. The van der Waals surface area contributed by atoms with E-state index < -0.39 is 17.7 Å². The fourth-order valence-corrected chi connectivity index (χ4v) is 1.24. The molecule has 0 aliphatic carbocycles. The number of carbonyl (C=O) groups is 2. The topological polar surface area (TPSA) is 97.8 Å². The summed E-state index contributed by atoms with van der Waals surface area (Å²) in [6.45, 7) is 5.36. The van der Waals surface area contributed by atoms with Crippen molar-refractivity contribution in [3.05, 3.63) is 18.4 Å². The number of ether oxygens (including phenoxy) is 1. The number of anilines is 1. The first kappa shape index (κ1) is 15.0. The van der Waals surface area contributed by atoms with Crippen LogP contribution in [0.2, 0.25) is 0 Å². The number of hydrogen-bond acceptors (Lipinski definition) is 5. The molecule has 0 atom stereocenters. The lowest BCUT2D eigenvalue weighted by molar-refractivity contribution is 0.0336. The lowest BCUT2D eigenvalue weighted by Crippen LogP contribution is -2.45. The summed E-state index contributed by atoms with van der Waals surface area (Å²) >= 11 is 0. The fraction of sp³-hybridized carbons (Fsp3) is 0.500. The smallest absolute Gasteiger partial charge is 0.418 e. The summed E-state index contributed by atoms with van der Waals surface area (Å²) in [6.07, 6.45) is 0.665. The minimum Gasteiger partial charge on any atom is -0.449 e. The molecular weight excluding hydrogens is 250 g/mol. The third-order valence-electron chi connectivity index (χ3n) is 1.96. The molecule has 0 bridgehead atoms. The van der Waals surface area contributed by atoms with Crippen LogP contribution in [0.5, 0.6) is 0 Å². The first-order valence-corrected chi connectivity index (χ1v) is 5.88. The van der Waals surface area contributed by atoms with E-state index in [-0.39, 0.29) is 19.0 Å². The van der Waals surface area contributed by atoms with Gasteiger partial charge in [0.15, 0.2) is 0 Å². The first-order chi connectivity index (χ1) is 8.83. The minimum atomic E-state index is -0.748. The van der Waals surface area contributed by atoms with Crippen LogP contribution < -0.4 is 11.1 Å². The van der Waals surface area contributed by atoms with E-state index in [0.29, 0.717) is 0 Å². The van der Waals surface area contributed by atoms with Crippen molar-refractivity contribution in [3.63, 3.8) is 0 Å². The van der Waals surface area contributed by atoms with Crippen molar-refractivity contribution < 1.29 is 18.7 Å². The summed E-state index contributed by atoms with van der Waals surface area (Å²) in [5.41, 5.74) is 4.70. The zero-order chi connectivity index (χ0) is 14.5. The number of imide groups is 1. The van der Waals surface area contributed by atoms with Gasteiger partial charge in [-0.1, -0.05) is 0 Å². The second-order valence-corrected chi connectivity index (χ2v) is 4.83. The Hall–Kier alpha value is -2.02. The van der Waals surface area contributed by atoms with E-state index in [1.54, 1.807) is 32.9 Å². The molecule has 0 radical (unpaired) electrons. The Morgan fingerprint density at radius 1 is 1.47 bits per heavy atom. The Morgan fingerprint density at radius 3 is 2.63 bits per heavy atom. The standard InChI is InChI=1S/C12H19N3O4/c1-12(2,3)19-11(17)15(7-6-13)10(16)14-9-5-4-8-18-9/h4-5,8H,6-7,13H2,1-3H3,(H,14,16). The number of rotatable bonds is 3. The third-order valence-corrected chi connectivity index (χ3v) is 1.96. The average molecular weight is 269 g/mol. The molecule has 106 valence electrons. The number of furan rings is 1. The van der Waals surface area contributed by atoms with Crippen LogP contribution in [0, 0.1) is 0 Å². The molecule has 0 aliphatic heterocycles. The van der Waals surface area contributed by atoms with Crippen LogP contribution >= 0.6 is 0 Å². The van der Waals surface area contributed by atoms with Crippen molar-refractivity contribution in [2.45, 2.75) is 26.4 Å². The Morgan fingerprint density at radius 2 is 2.16 bits per heavy atom. The van der Waals surface area contributed by atoms with Gasteiger partial charge in [0.2, 0.25) is 5.88 Å². The van der Waals surface area contributed by atoms with E-state index in [2.05, 4.69) is 5.32 Å². The molecule has 1 aromatic rings. The zero-order valence-corrected chi connectivity index (χ0v) is 11.3. The van der Waals surface area contributed by atoms with Gasteiger partial charge in [-0.15, -0.1) is 0 Å². The largest absolute Gasteiger partial charge is 0.449 e. The van der Waals surface area contributed by atoms with E-state index in [4.69, 9.17) is 14.9 Å². The van der Waals surface area contributed by atoms with E-state index in [1.807, 2.05) is 0 Å². The molecule has 3 amide bonds. The zero-order valence-electron chi connectivity index (χ0n) is 11.3. The molecule has 1 heterocycles. The molecule has 1 aromatic heterocycles. The molecule has 0 spiro atoms. The van der Waals surface area contributed by atoms with Crippen LogP contribution in [0.25, 0.3) is 0 Å². The number of amides is 3. The van der Waals surface area contributed by atoms with Gasteiger partial charge in [0.1, 0.15) is 5.60 Å². The van der Waals surface area contributed by atoms with E-state index in [1.165, 1.54) is 6.26 Å². The predicted octanol–water partition coefficient (Wildman–Crippen LogP) is 2.01. The highest BCUT2D eigenvalue weighted by atomic mass is 16.6. The van der Waals surface area contributed by atoms with Gasteiger partial charge >= 0.3 is 12.1 Å². The Kier molecular flexibility index (Phi) is 4.94. The molecule has 0 fully saturated rings. The van der Waals surface area contributed by atoms with Crippen LogP contribution in [0.4, 0.5) is 15.5 Å². The number of carbonyl (C=O) groups excluding carboxylic acids is 2. The molecule has 7 heteroatoms. The van der Waals surface area contributed by atoms with Gasteiger partial charge in [0.25, 0.3) is 0 Å². The van der Waals surface area contributed by atoms with Gasteiger partial charge in [-0.25, -0.2) is 14.5 Å². The number of urea groups is 1. The number of nitrogens with one attached hydrogen (secondary N) is 1. The number of nitrogens with zero attached hydrogens (tertiary/aromatic N) is 1. The molecule has 3 N–H and O–H groups in total. The fourth-order valence-electron chi connectivity index (χ4n) is 1.24. The first-order valence-electron chi connectivity index (χ1n) is 5.88. The van der Waals surface area contributed by atoms with Crippen molar-refractivity contribution in [2.75, 3.05) is 18.4 Å². The van der Waals surface area contributed by atoms with Gasteiger partial charge in [-0.2, -0.15) is 0 Å². The van der Waals surface area contributed by atoms with E-state index in [0.717, 1.165) is 4.90 Å². The van der Waals surface area contributed by atoms with Gasteiger partial charge in [0, 0.05) is 19.2 Å². The molecule has 19 heavy (non-hydrogen) atoms. The van der Waals surface area contributed by atoms with Crippen molar-refractivity contribution in [1.29, 1.82) is 0 Å². The predicted molar refractivity (Wildman–Crippen MR) is 69.7 cm³/mol. The lowest BCUT2D eigenvalue weighted by atomic mass is 10.2. The Labute approximate surface area is 111 Å². The molecule has 7 nitrogen and oxygen atoms in total. The van der Waals surface area contributed by atoms with E-state index >= 15 is 0 Å². The maximum absolute atomic E-state index is 11.9. The normalized spacial score (nSPS) is 10.9. The highest BCUT2D eigenvalue weighted by Crippen LogP contribution is 2.12. The number of hydrogen-bond donors (Lipinski definition) is 2. The van der Waals surface area contributed by atoms with Crippen molar-refractivity contribution >= 4 is 18.0 Å². The average Bonchev–Trinajstić information content (AvgIpc) is 2.75. The summed E-state index contributed by atoms with van der Waals surface area (Å²) in [6, 6.07) is 2.54. The SMILES string of the molecule is CC(C)(C)OC(=O)N(CCN)C(=O)Nc1ccco1. The van der Waals surface area contributed by atoms with Crippen molar-refractivity contribution in [1.82, 2.24) is 4.90 Å². The van der Waals surface area contributed by atoms with Crippen molar-refractivity contribution in [3.8, 4) is 0 Å². The van der Waals surface area contributed by atoms with Crippen molar-refractivity contribution in [2.24, 2.45) is 5.73 Å². The lowest BCUT2D eigenvalue weighted by Gasteiger charge is -2.25. The maximum atomic E-state index is 11.9. The summed E-state index contributed by atoms with van der Waals surface area (Å²) < 4.78 is 10.1. The molecular formula is C12H19N3O4. The van der Waals surface area contributed by atoms with Gasteiger partial charge in [-0.3, -0.25) is 5.32 Å². The van der Waals surface area contributed by atoms with Crippen LogP contribution in [0.1, 0.15) is 20.8 Å². The second-order valence-electron chi connectivity index (χ2n) is 4.83. The molecule has 0 unspecified atom stereocenters. The second kappa shape index (κ2) is 6.24. The monoisotopic (exact) mass is 269 g/mol. The Bertz CT molecular complexity index is 423. The quantitative estimate of drug-likeness (QED) is 0.874. The number of nitrogens with two attached hydrogens (primary N) is 1. The van der Waals surface area contributed by atoms with Gasteiger partial charge < -0.3 is 14.9 Å². The third kappa shape index (κ3) is 5.01. The summed E-state index contributed by atoms with van der Waals surface area (Å²) in [5.74, 6) is 0.246. The minimum absolute atomic E-state index is 0.0570. The van der Waals surface area contributed by atoms with Crippen LogP contribution in [-0.4, -0.2) is 35.7 Å². The van der Waals surface area contributed by atoms with Crippen LogP contribution in [0.15, 0.2) is 22.8 Å². The summed E-state index contributed by atoms with van der Waals surface area (Å²) in [5, 5.41) is 2.44. The Balaban J connectivity index is 2.70. The molecule has 1 rings (SSSR count). The summed E-state index contributed by atoms with van der Waals surface area (Å²) in [4.78, 5) is 24.7. The molecule has 0 saturated carbocycles. The van der Waals surface area contributed by atoms with Gasteiger partial charge in [0.05, 0.1) is 6.26 Å². The highest BCUT2D eigenvalue weighted by Gasteiger charge is 2.27. The van der Waals surface area contributed by atoms with Crippen LogP contribution in [0.3, 0.4) is 0 Å². The van der Waals surface area contributed by atoms with Gasteiger partial charge in [-0.05, 0) is 26.8 Å².